The first-order chi connectivity index (χ1) is 8.49. The fourth-order valence-electron chi connectivity index (χ4n) is 1.57. The molecule has 0 aromatic heterocycles. The Morgan fingerprint density at radius 1 is 1.33 bits per heavy atom. The summed E-state index contributed by atoms with van der Waals surface area (Å²) in [7, 11) is 0. The highest BCUT2D eigenvalue weighted by molar-refractivity contribution is 7.99. The van der Waals surface area contributed by atoms with Gasteiger partial charge in [0.05, 0.1) is 6.42 Å². The third-order valence-corrected chi connectivity index (χ3v) is 3.79. The van der Waals surface area contributed by atoms with Crippen molar-refractivity contribution < 1.29 is 24.6 Å². The van der Waals surface area contributed by atoms with Gasteiger partial charge >= 0.3 is 18.0 Å². The van der Waals surface area contributed by atoms with E-state index in [1.807, 2.05) is 11.8 Å². The third-order valence-electron chi connectivity index (χ3n) is 2.56. The molecule has 1 aliphatic rings. The maximum atomic E-state index is 11.4. The molecule has 1 saturated heterocycles. The smallest absolute Gasteiger partial charge is 0.326 e. The molecule has 0 aromatic carbocycles. The van der Waals surface area contributed by atoms with Crippen molar-refractivity contribution in [3.63, 3.8) is 0 Å². The first kappa shape index (κ1) is 14.6. The zero-order valence-electron chi connectivity index (χ0n) is 9.72. The van der Waals surface area contributed by atoms with E-state index in [1.54, 1.807) is 0 Å². The van der Waals surface area contributed by atoms with Crippen LogP contribution in [0, 0.1) is 5.92 Å². The summed E-state index contributed by atoms with van der Waals surface area (Å²) in [6.45, 7) is 0.484. The van der Waals surface area contributed by atoms with E-state index in [2.05, 4.69) is 10.6 Å². The van der Waals surface area contributed by atoms with E-state index in [0.29, 0.717) is 12.5 Å². The average molecular weight is 276 g/mol. The molecule has 2 atom stereocenters. The quantitative estimate of drug-likeness (QED) is 0.541. The van der Waals surface area contributed by atoms with Crippen LogP contribution < -0.4 is 10.6 Å². The van der Waals surface area contributed by atoms with Gasteiger partial charge in [-0.15, -0.1) is 0 Å². The van der Waals surface area contributed by atoms with Crippen LogP contribution >= 0.6 is 11.8 Å². The molecule has 18 heavy (non-hydrogen) atoms. The lowest BCUT2D eigenvalue weighted by molar-refractivity contribution is -0.145. The molecule has 8 heteroatoms. The van der Waals surface area contributed by atoms with Gasteiger partial charge in [0.25, 0.3) is 0 Å². The number of urea groups is 1. The Morgan fingerprint density at radius 3 is 2.56 bits per heavy atom. The molecule has 1 aliphatic heterocycles. The minimum Gasteiger partial charge on any atom is -0.481 e. The van der Waals surface area contributed by atoms with Crippen molar-refractivity contribution in [3.8, 4) is 0 Å². The van der Waals surface area contributed by atoms with Gasteiger partial charge in [-0.1, -0.05) is 0 Å². The number of rotatable bonds is 6. The van der Waals surface area contributed by atoms with Crippen LogP contribution in [0.5, 0.6) is 0 Å². The fraction of sp³-hybridized carbons (Fsp3) is 0.700. The Kier molecular flexibility index (Phi) is 5.76. The maximum absolute atomic E-state index is 11.4. The van der Waals surface area contributed by atoms with E-state index in [0.717, 1.165) is 17.9 Å². The Hall–Kier alpha value is -1.44. The Labute approximate surface area is 108 Å². The van der Waals surface area contributed by atoms with E-state index in [-0.39, 0.29) is 0 Å². The summed E-state index contributed by atoms with van der Waals surface area (Å²) in [5.74, 6) is -0.162. The second kappa shape index (κ2) is 7.10. The van der Waals surface area contributed by atoms with E-state index in [9.17, 15) is 14.4 Å². The second-order valence-corrected chi connectivity index (χ2v) is 5.22. The molecule has 1 fully saturated rings. The molecule has 102 valence electrons. The van der Waals surface area contributed by atoms with Gasteiger partial charge in [-0.05, 0) is 23.8 Å². The lowest BCUT2D eigenvalue weighted by Gasteiger charge is -2.15. The molecule has 0 radical (unpaired) electrons. The van der Waals surface area contributed by atoms with Crippen LogP contribution in [0.1, 0.15) is 12.8 Å². The van der Waals surface area contributed by atoms with Crippen molar-refractivity contribution in [2.75, 3.05) is 18.1 Å². The molecule has 7 nitrogen and oxygen atoms in total. The summed E-state index contributed by atoms with van der Waals surface area (Å²) in [5, 5.41) is 22.0. The molecule has 0 bridgehead atoms. The summed E-state index contributed by atoms with van der Waals surface area (Å²) in [6.07, 6.45) is 0.393. The number of amides is 2. The van der Waals surface area contributed by atoms with Gasteiger partial charge in [-0.25, -0.2) is 9.59 Å². The normalized spacial score (nSPS) is 20.1. The third kappa shape index (κ3) is 5.26. The maximum Gasteiger partial charge on any atom is 0.326 e. The van der Waals surface area contributed by atoms with Crippen LogP contribution in [-0.4, -0.2) is 52.3 Å². The second-order valence-electron chi connectivity index (χ2n) is 4.07. The van der Waals surface area contributed by atoms with Gasteiger partial charge in [0, 0.05) is 6.54 Å². The summed E-state index contributed by atoms with van der Waals surface area (Å²) in [4.78, 5) is 32.6. The van der Waals surface area contributed by atoms with Crippen LogP contribution in [0.15, 0.2) is 0 Å². The number of aliphatic carboxylic acids is 2. The molecule has 1 unspecified atom stereocenters. The zero-order valence-corrected chi connectivity index (χ0v) is 10.5. The number of carbonyl (C=O) groups excluding carboxylic acids is 1. The van der Waals surface area contributed by atoms with Crippen LogP contribution in [0.3, 0.4) is 0 Å². The van der Waals surface area contributed by atoms with Crippen molar-refractivity contribution in [1.29, 1.82) is 0 Å². The zero-order chi connectivity index (χ0) is 13.5. The molecule has 1 heterocycles. The van der Waals surface area contributed by atoms with Crippen LogP contribution in [-0.2, 0) is 9.59 Å². The highest BCUT2D eigenvalue weighted by Gasteiger charge is 2.23. The molecule has 0 aliphatic carbocycles. The average Bonchev–Trinajstić information content (AvgIpc) is 2.77. The van der Waals surface area contributed by atoms with Gasteiger partial charge in [0.15, 0.2) is 0 Å². The van der Waals surface area contributed by atoms with Crippen LogP contribution in [0.2, 0.25) is 0 Å². The molecule has 2 amide bonds. The van der Waals surface area contributed by atoms with Crippen molar-refractivity contribution in [2.45, 2.75) is 18.9 Å². The first-order valence-electron chi connectivity index (χ1n) is 5.55. The minimum absolute atomic E-state index is 0.406. The van der Waals surface area contributed by atoms with Crippen molar-refractivity contribution in [2.24, 2.45) is 5.92 Å². The summed E-state index contributed by atoms with van der Waals surface area (Å²) < 4.78 is 0. The predicted octanol–water partition coefficient (Wildman–Crippen LogP) is -0.0334. The Bertz CT molecular complexity index is 330. The highest BCUT2D eigenvalue weighted by Crippen LogP contribution is 2.22. The first-order valence-corrected chi connectivity index (χ1v) is 6.71. The predicted molar refractivity (Wildman–Crippen MR) is 65.6 cm³/mol. The van der Waals surface area contributed by atoms with Crippen molar-refractivity contribution in [3.05, 3.63) is 0 Å². The van der Waals surface area contributed by atoms with Gasteiger partial charge in [-0.2, -0.15) is 11.8 Å². The van der Waals surface area contributed by atoms with E-state index in [4.69, 9.17) is 10.2 Å². The number of carboxylic acid groups (broad SMARTS) is 2. The molecule has 1 rings (SSSR count). The van der Waals surface area contributed by atoms with E-state index in [1.165, 1.54) is 0 Å². The fourth-order valence-corrected chi connectivity index (χ4v) is 2.85. The summed E-state index contributed by atoms with van der Waals surface area (Å²) >= 11 is 1.82. The number of hydrogen-bond donors (Lipinski definition) is 4. The van der Waals surface area contributed by atoms with Gasteiger partial charge < -0.3 is 20.8 Å². The Morgan fingerprint density at radius 2 is 2.06 bits per heavy atom. The Balaban J connectivity index is 2.31. The highest BCUT2D eigenvalue weighted by atomic mass is 32.2. The standard InChI is InChI=1S/C10H16N2O5S/c13-8(14)3-7(9(15)16)12-10(17)11-4-6-1-2-18-5-6/h6-7H,1-5H2,(H,13,14)(H,15,16)(H2,11,12,17)/t6?,7-/m1/s1. The van der Waals surface area contributed by atoms with E-state index >= 15 is 0 Å². The minimum atomic E-state index is -1.40. The number of thioether (sulfide) groups is 1. The lowest BCUT2D eigenvalue weighted by atomic mass is 10.1. The number of carboxylic acids is 2. The summed E-state index contributed by atoms with van der Waals surface area (Å²) in [5.41, 5.74) is 0. The van der Waals surface area contributed by atoms with Crippen LogP contribution in [0.25, 0.3) is 0 Å². The van der Waals surface area contributed by atoms with Gasteiger partial charge in [0.2, 0.25) is 0 Å². The monoisotopic (exact) mass is 276 g/mol. The molecule has 4 N–H and O–H groups in total. The van der Waals surface area contributed by atoms with Gasteiger partial charge in [-0.3, -0.25) is 4.79 Å². The van der Waals surface area contributed by atoms with Crippen molar-refractivity contribution in [1.82, 2.24) is 10.6 Å². The van der Waals surface area contributed by atoms with Gasteiger partial charge in [0.1, 0.15) is 6.04 Å². The lowest BCUT2D eigenvalue weighted by Crippen LogP contribution is -2.47. The molecule has 0 aromatic rings. The van der Waals surface area contributed by atoms with E-state index < -0.39 is 30.4 Å². The molecule has 0 spiro atoms. The number of hydrogen-bond acceptors (Lipinski definition) is 4. The SMILES string of the molecule is O=C(O)C[C@@H](NC(=O)NCC1CCSC1)C(=O)O. The molecular formula is C10H16N2O5S. The molecular weight excluding hydrogens is 260 g/mol. The number of carbonyl (C=O) groups is 3. The topological polar surface area (TPSA) is 116 Å². The number of nitrogens with one attached hydrogen (secondary N) is 2. The summed E-state index contributed by atoms with van der Waals surface area (Å²) in [6, 6.07) is -2.04. The molecule has 0 saturated carbocycles. The van der Waals surface area contributed by atoms with Crippen LogP contribution in [0.4, 0.5) is 4.79 Å². The largest absolute Gasteiger partial charge is 0.481 e. The van der Waals surface area contributed by atoms with Crippen molar-refractivity contribution >= 4 is 29.7 Å².